The minimum Gasteiger partial charge on any atom is -0.358 e. The Morgan fingerprint density at radius 1 is 1.38 bits per heavy atom. The molecule has 0 amide bonds. The molecule has 0 aromatic rings. The van der Waals surface area contributed by atoms with Gasteiger partial charge in [-0.2, -0.15) is 0 Å². The Labute approximate surface area is 54.8 Å². The quantitative estimate of drug-likeness (QED) is 0.500. The zero-order valence-electron chi connectivity index (χ0n) is 3.48. The molecule has 1 fully saturated rings. The van der Waals surface area contributed by atoms with Crippen LogP contribution < -0.4 is 0 Å². The van der Waals surface area contributed by atoms with Gasteiger partial charge >= 0.3 is 12.1 Å². The first-order chi connectivity index (χ1) is 3.70. The molecule has 8 heavy (non-hydrogen) atoms. The van der Waals surface area contributed by atoms with Crippen molar-refractivity contribution < 1.29 is 14.3 Å². The van der Waals surface area contributed by atoms with Gasteiger partial charge in [-0.15, -0.1) is 0 Å². The second-order valence-corrected chi connectivity index (χ2v) is 1.95. The second-order valence-electron chi connectivity index (χ2n) is 1.00. The van der Waals surface area contributed by atoms with E-state index in [1.807, 2.05) is 0 Å². The minimum absolute atomic E-state index is 0.127. The predicted octanol–water partition coefficient (Wildman–Crippen LogP) is 1.76. The normalized spacial score (nSPS) is 16.2. The third-order valence-corrected chi connectivity index (χ3v) is 0.815. The topological polar surface area (TPSA) is 35.5 Å². The lowest BCUT2D eigenvalue weighted by atomic mass is 10.9. The summed E-state index contributed by atoms with van der Waals surface area (Å²) in [5.74, 6) is -0.127. The molecule has 0 aliphatic carbocycles. The maximum Gasteiger partial charge on any atom is 0.524 e. The molecule has 0 saturated carbocycles. The fourth-order valence-electron chi connectivity index (χ4n) is 0.236. The highest BCUT2D eigenvalue weighted by atomic mass is 35.5. The molecule has 0 N–H and O–H groups in total. The van der Waals surface area contributed by atoms with Crippen LogP contribution in [-0.4, -0.2) is 6.16 Å². The lowest BCUT2D eigenvalue weighted by Gasteiger charge is -2.14. The first-order valence-corrected chi connectivity index (χ1v) is 2.40. The van der Waals surface area contributed by atoms with E-state index in [4.69, 9.17) is 23.2 Å². The van der Waals surface area contributed by atoms with Crippen molar-refractivity contribution in [3.05, 3.63) is 10.4 Å². The third kappa shape index (κ3) is 0.877. The van der Waals surface area contributed by atoms with Gasteiger partial charge in [-0.25, -0.2) is 4.79 Å². The molecule has 1 aliphatic heterocycles. The highest BCUT2D eigenvalue weighted by Gasteiger charge is 2.27. The van der Waals surface area contributed by atoms with Gasteiger partial charge in [0.1, 0.15) is 0 Å². The Hall–Kier alpha value is -0.410. The second kappa shape index (κ2) is 1.84. The van der Waals surface area contributed by atoms with E-state index in [0.29, 0.717) is 0 Å². The fraction of sp³-hybridized carbons (Fsp3) is 0. The summed E-state index contributed by atoms with van der Waals surface area (Å²) in [6.45, 7) is 0. The van der Waals surface area contributed by atoms with Crippen molar-refractivity contribution in [1.82, 2.24) is 0 Å². The van der Waals surface area contributed by atoms with Crippen molar-refractivity contribution in [3.8, 4) is 0 Å². The van der Waals surface area contributed by atoms with Gasteiger partial charge in [0.2, 0.25) is 0 Å². The molecule has 1 rings (SSSR count). The molecule has 0 unspecified atom stereocenters. The zero-order chi connectivity index (χ0) is 6.15. The number of hydrogen-bond donors (Lipinski definition) is 0. The summed E-state index contributed by atoms with van der Waals surface area (Å²) in [6, 6.07) is 0. The fourth-order valence-corrected chi connectivity index (χ4v) is 0.390. The van der Waals surface area contributed by atoms with Crippen LogP contribution in [0.25, 0.3) is 0 Å². The molecule has 44 valence electrons. The molecule has 3 nitrogen and oxygen atoms in total. The molecule has 1 heterocycles. The summed E-state index contributed by atoms with van der Waals surface area (Å²) < 4.78 is 8.13. The summed E-state index contributed by atoms with van der Waals surface area (Å²) in [6.07, 6.45) is -0.779. The lowest BCUT2D eigenvalue weighted by Crippen LogP contribution is -2.20. The van der Waals surface area contributed by atoms with Crippen LogP contribution in [0.3, 0.4) is 0 Å². The van der Waals surface area contributed by atoms with E-state index < -0.39 is 6.16 Å². The number of rotatable bonds is 0. The van der Waals surface area contributed by atoms with Gasteiger partial charge in [-0.1, -0.05) is 23.2 Å². The predicted molar refractivity (Wildman–Crippen MR) is 26.3 cm³/mol. The molecule has 1 aliphatic rings. The number of carbonyl (C=O) groups excluding carboxylic acids is 1. The SMILES string of the molecule is O=C1OC(=C(Cl)Cl)O1. The van der Waals surface area contributed by atoms with Gasteiger partial charge in [0.05, 0.1) is 0 Å². The van der Waals surface area contributed by atoms with Crippen LogP contribution in [0.1, 0.15) is 0 Å². The molecule has 0 aromatic heterocycles. The Bertz CT molecular complexity index is 148. The van der Waals surface area contributed by atoms with Crippen LogP contribution >= 0.6 is 23.2 Å². The third-order valence-electron chi connectivity index (χ3n) is 0.506. The average molecular weight is 155 g/mol. The number of carbonyl (C=O) groups is 1. The van der Waals surface area contributed by atoms with Crippen molar-refractivity contribution in [2.24, 2.45) is 0 Å². The smallest absolute Gasteiger partial charge is 0.358 e. The van der Waals surface area contributed by atoms with Crippen molar-refractivity contribution in [2.45, 2.75) is 0 Å². The van der Waals surface area contributed by atoms with Gasteiger partial charge in [0.15, 0.2) is 4.49 Å². The minimum atomic E-state index is -0.779. The number of halogens is 2. The van der Waals surface area contributed by atoms with Crippen molar-refractivity contribution >= 4 is 29.4 Å². The number of cyclic esters (lactones) is 2. The van der Waals surface area contributed by atoms with Crippen LogP contribution in [0.15, 0.2) is 10.4 Å². The summed E-state index contributed by atoms with van der Waals surface area (Å²) >= 11 is 10.2. The van der Waals surface area contributed by atoms with Gasteiger partial charge in [0, 0.05) is 0 Å². The summed E-state index contributed by atoms with van der Waals surface area (Å²) in [7, 11) is 0. The maximum atomic E-state index is 9.82. The molecule has 0 atom stereocenters. The Balaban J connectivity index is 2.57. The summed E-state index contributed by atoms with van der Waals surface area (Å²) in [5, 5.41) is 0. The van der Waals surface area contributed by atoms with Crippen LogP contribution in [0, 0.1) is 0 Å². The van der Waals surface area contributed by atoms with Gasteiger partial charge in [0.25, 0.3) is 0 Å². The Morgan fingerprint density at radius 2 is 1.88 bits per heavy atom. The maximum absolute atomic E-state index is 9.82. The van der Waals surface area contributed by atoms with Gasteiger partial charge < -0.3 is 9.47 Å². The molecule has 1 saturated heterocycles. The number of ether oxygens (including phenoxy) is 2. The Kier molecular flexibility index (Phi) is 1.31. The molecule has 0 radical (unpaired) electrons. The molecule has 0 spiro atoms. The molecule has 0 aromatic carbocycles. The van der Waals surface area contributed by atoms with Crippen LogP contribution in [0.2, 0.25) is 0 Å². The summed E-state index contributed by atoms with van der Waals surface area (Å²) in [5.41, 5.74) is 0. The van der Waals surface area contributed by atoms with Crippen LogP contribution in [-0.2, 0) is 9.47 Å². The molecular formula is C3Cl2O3. The molecular weight excluding hydrogens is 155 g/mol. The van der Waals surface area contributed by atoms with Crippen molar-refractivity contribution in [3.63, 3.8) is 0 Å². The van der Waals surface area contributed by atoms with Crippen LogP contribution in [0.5, 0.6) is 0 Å². The number of hydrogen-bond acceptors (Lipinski definition) is 3. The van der Waals surface area contributed by atoms with E-state index in [1.165, 1.54) is 0 Å². The first kappa shape index (κ1) is 5.72. The highest BCUT2D eigenvalue weighted by Crippen LogP contribution is 2.23. The highest BCUT2D eigenvalue weighted by molar-refractivity contribution is 6.56. The van der Waals surface area contributed by atoms with Crippen LogP contribution in [0.4, 0.5) is 4.79 Å². The van der Waals surface area contributed by atoms with Crippen molar-refractivity contribution in [2.75, 3.05) is 0 Å². The standard InChI is InChI=1S/C3Cl2O3/c4-1(5)2-7-3(6)8-2. The van der Waals surface area contributed by atoms with Gasteiger partial charge in [-0.3, -0.25) is 0 Å². The van der Waals surface area contributed by atoms with E-state index in [0.717, 1.165) is 0 Å². The van der Waals surface area contributed by atoms with E-state index in [2.05, 4.69) is 9.47 Å². The van der Waals surface area contributed by atoms with Crippen molar-refractivity contribution in [1.29, 1.82) is 0 Å². The van der Waals surface area contributed by atoms with E-state index in [-0.39, 0.29) is 10.4 Å². The lowest BCUT2D eigenvalue weighted by molar-refractivity contribution is -0.0259. The first-order valence-electron chi connectivity index (χ1n) is 1.65. The van der Waals surface area contributed by atoms with E-state index >= 15 is 0 Å². The Morgan fingerprint density at radius 3 is 2.00 bits per heavy atom. The van der Waals surface area contributed by atoms with E-state index in [1.54, 1.807) is 0 Å². The summed E-state index contributed by atoms with van der Waals surface area (Å²) in [4.78, 5) is 9.82. The monoisotopic (exact) mass is 154 g/mol. The largest absolute Gasteiger partial charge is 0.524 e. The average Bonchev–Trinajstić information content (AvgIpc) is 1.57. The molecule has 5 heteroatoms. The zero-order valence-corrected chi connectivity index (χ0v) is 4.99. The molecule has 0 bridgehead atoms. The van der Waals surface area contributed by atoms with E-state index in [9.17, 15) is 4.79 Å². The van der Waals surface area contributed by atoms with Gasteiger partial charge in [-0.05, 0) is 0 Å².